The molecule has 11 heteroatoms. The lowest BCUT2D eigenvalue weighted by Crippen LogP contribution is -2.27. The molecule has 0 aliphatic carbocycles. The van der Waals surface area contributed by atoms with E-state index in [1.54, 1.807) is 4.68 Å². The zero-order valence-electron chi connectivity index (χ0n) is 13.8. The van der Waals surface area contributed by atoms with Crippen molar-refractivity contribution >= 4 is 33.5 Å². The summed E-state index contributed by atoms with van der Waals surface area (Å²) in [6.07, 6.45) is 2.48. The van der Waals surface area contributed by atoms with Crippen LogP contribution in [0.2, 0.25) is 0 Å². The summed E-state index contributed by atoms with van der Waals surface area (Å²) < 4.78 is 3.44. The van der Waals surface area contributed by atoms with Crippen molar-refractivity contribution in [2.45, 2.75) is 13.1 Å². The quantitative estimate of drug-likeness (QED) is 0.467. The van der Waals surface area contributed by atoms with Gasteiger partial charge in [-0.3, -0.25) is 29.6 Å². The maximum atomic E-state index is 12.1. The molecule has 3 aromatic rings. The van der Waals surface area contributed by atoms with Crippen LogP contribution in [0.5, 0.6) is 0 Å². The molecular weight excluding hydrogens is 420 g/mol. The van der Waals surface area contributed by atoms with E-state index in [9.17, 15) is 19.7 Å². The molecule has 0 aliphatic rings. The van der Waals surface area contributed by atoms with Crippen molar-refractivity contribution in [1.29, 1.82) is 0 Å². The Balaban J connectivity index is 1.65. The highest BCUT2D eigenvalue weighted by molar-refractivity contribution is 9.10. The highest BCUT2D eigenvalue weighted by atomic mass is 79.9. The number of nitro groups is 1. The van der Waals surface area contributed by atoms with E-state index >= 15 is 0 Å². The van der Waals surface area contributed by atoms with E-state index in [1.165, 1.54) is 6.33 Å². The molecule has 0 atom stereocenters. The van der Waals surface area contributed by atoms with Crippen molar-refractivity contribution < 1.29 is 9.72 Å². The minimum absolute atomic E-state index is 0.0773. The summed E-state index contributed by atoms with van der Waals surface area (Å²) in [6.45, 7) is 0.0767. The van der Waals surface area contributed by atoms with Gasteiger partial charge in [-0.1, -0.05) is 28.1 Å². The number of pyridine rings is 1. The molecule has 0 radical (unpaired) electrons. The second-order valence-electron chi connectivity index (χ2n) is 5.55. The number of carbonyl (C=O) groups excluding carboxylic acids is 1. The number of hydrogen-bond acceptors (Lipinski definition) is 6. The first-order valence-corrected chi connectivity index (χ1v) is 8.48. The molecule has 0 bridgehead atoms. The van der Waals surface area contributed by atoms with Gasteiger partial charge in [0.2, 0.25) is 11.9 Å². The molecule has 1 N–H and O–H groups in total. The molecule has 0 saturated carbocycles. The Morgan fingerprint density at radius 1 is 1.30 bits per heavy atom. The number of benzene rings is 1. The Bertz CT molecular complexity index is 1060. The van der Waals surface area contributed by atoms with Crippen molar-refractivity contribution in [2.75, 3.05) is 5.32 Å². The Labute approximate surface area is 160 Å². The summed E-state index contributed by atoms with van der Waals surface area (Å²) in [6, 6.07) is 9.80. The minimum Gasteiger partial charge on any atom is -0.299 e. The Morgan fingerprint density at radius 3 is 2.85 bits per heavy atom. The third-order valence-corrected chi connectivity index (χ3v) is 4.01. The Hall–Kier alpha value is -3.34. The lowest BCUT2D eigenvalue weighted by Gasteiger charge is -2.05. The van der Waals surface area contributed by atoms with Crippen LogP contribution in [-0.4, -0.2) is 30.2 Å². The maximum Gasteiger partial charge on any atom is 0.285 e. The van der Waals surface area contributed by atoms with E-state index in [0.29, 0.717) is 6.54 Å². The summed E-state index contributed by atoms with van der Waals surface area (Å²) in [5.74, 6) is -0.494. The monoisotopic (exact) mass is 432 g/mol. The molecule has 1 aromatic carbocycles. The molecule has 0 unspecified atom stereocenters. The smallest absolute Gasteiger partial charge is 0.285 e. The van der Waals surface area contributed by atoms with Gasteiger partial charge in [0.05, 0.1) is 17.7 Å². The normalized spacial score (nSPS) is 10.6. The van der Waals surface area contributed by atoms with Gasteiger partial charge in [-0.15, -0.1) is 5.10 Å². The number of amides is 1. The number of nitrogens with one attached hydrogen (secondary N) is 1. The first-order chi connectivity index (χ1) is 12.9. The van der Waals surface area contributed by atoms with E-state index in [1.807, 2.05) is 24.3 Å². The predicted octanol–water partition coefficient (Wildman–Crippen LogP) is 1.80. The van der Waals surface area contributed by atoms with E-state index in [0.717, 1.165) is 32.9 Å². The maximum absolute atomic E-state index is 12.1. The predicted molar refractivity (Wildman–Crippen MR) is 99.3 cm³/mol. The molecule has 27 heavy (non-hydrogen) atoms. The van der Waals surface area contributed by atoms with E-state index in [2.05, 4.69) is 31.3 Å². The summed E-state index contributed by atoms with van der Waals surface area (Å²) in [5, 5.41) is 17.4. The third-order valence-electron chi connectivity index (χ3n) is 3.51. The number of anilines is 1. The minimum atomic E-state index is -0.640. The Kier molecular flexibility index (Phi) is 5.41. The SMILES string of the molecule is O=C(Cn1cc([N+](=O)[O-])ccc1=O)Nc1ncn(Cc2cccc(Br)c2)n1. The van der Waals surface area contributed by atoms with E-state index < -0.39 is 16.4 Å². The van der Waals surface area contributed by atoms with Gasteiger partial charge in [0.1, 0.15) is 12.9 Å². The summed E-state index contributed by atoms with van der Waals surface area (Å²) in [7, 11) is 0. The van der Waals surface area contributed by atoms with Gasteiger partial charge in [0, 0.05) is 16.6 Å². The van der Waals surface area contributed by atoms with Crippen molar-refractivity contribution in [1.82, 2.24) is 19.3 Å². The number of halogens is 1. The van der Waals surface area contributed by atoms with Crippen molar-refractivity contribution in [2.24, 2.45) is 0 Å². The molecule has 0 aliphatic heterocycles. The first kappa shape index (κ1) is 18.5. The van der Waals surface area contributed by atoms with Gasteiger partial charge >= 0.3 is 0 Å². The molecule has 138 valence electrons. The standard InChI is InChI=1S/C16H13BrN6O4/c17-12-3-1-2-11(6-12)7-22-10-18-16(20-22)19-14(24)9-21-8-13(23(26)27)4-5-15(21)25/h1-6,8,10H,7,9H2,(H,19,20,24). The molecule has 2 aromatic heterocycles. The van der Waals surface area contributed by atoms with Crippen LogP contribution in [0.1, 0.15) is 5.56 Å². The summed E-state index contributed by atoms with van der Waals surface area (Å²) in [5.41, 5.74) is 0.193. The van der Waals surface area contributed by atoms with E-state index in [-0.39, 0.29) is 18.2 Å². The van der Waals surface area contributed by atoms with Crippen LogP contribution in [-0.2, 0) is 17.9 Å². The largest absolute Gasteiger partial charge is 0.299 e. The number of rotatable bonds is 6. The average Bonchev–Trinajstić information content (AvgIpc) is 3.03. The van der Waals surface area contributed by atoms with Crippen LogP contribution < -0.4 is 10.9 Å². The van der Waals surface area contributed by atoms with E-state index in [4.69, 9.17) is 0 Å². The van der Waals surface area contributed by atoms with Crippen molar-refractivity contribution in [3.63, 3.8) is 0 Å². The third kappa shape index (κ3) is 4.85. The number of nitrogens with zero attached hydrogens (tertiary/aromatic N) is 5. The van der Waals surface area contributed by atoms with Crippen LogP contribution in [0.4, 0.5) is 11.6 Å². The second-order valence-corrected chi connectivity index (χ2v) is 6.47. The van der Waals surface area contributed by atoms with Crippen LogP contribution in [0, 0.1) is 10.1 Å². The van der Waals surface area contributed by atoms with Gasteiger partial charge in [0.25, 0.3) is 11.2 Å². The second kappa shape index (κ2) is 7.91. The molecule has 2 heterocycles. The number of hydrogen-bond donors (Lipinski definition) is 1. The number of carbonyl (C=O) groups is 1. The van der Waals surface area contributed by atoms with Crippen molar-refractivity contribution in [3.05, 3.63) is 79.4 Å². The Morgan fingerprint density at radius 2 is 2.11 bits per heavy atom. The van der Waals surface area contributed by atoms with Gasteiger partial charge in [-0.05, 0) is 17.7 Å². The van der Waals surface area contributed by atoms with Crippen LogP contribution in [0.3, 0.4) is 0 Å². The molecule has 0 fully saturated rings. The zero-order valence-corrected chi connectivity index (χ0v) is 15.4. The van der Waals surface area contributed by atoms with Crippen LogP contribution >= 0.6 is 15.9 Å². The van der Waals surface area contributed by atoms with Gasteiger partial charge in [-0.25, -0.2) is 9.67 Å². The number of aromatic nitrogens is 4. The highest BCUT2D eigenvalue weighted by Crippen LogP contribution is 2.12. The average molecular weight is 433 g/mol. The first-order valence-electron chi connectivity index (χ1n) is 7.69. The molecule has 1 amide bonds. The lowest BCUT2D eigenvalue weighted by atomic mass is 10.2. The molecule has 3 rings (SSSR count). The molecular formula is C16H13BrN6O4. The molecule has 0 saturated heterocycles. The summed E-state index contributed by atoms with van der Waals surface area (Å²) >= 11 is 3.39. The fourth-order valence-electron chi connectivity index (χ4n) is 2.32. The van der Waals surface area contributed by atoms with Crippen molar-refractivity contribution in [3.8, 4) is 0 Å². The van der Waals surface area contributed by atoms with Crippen LogP contribution in [0.15, 0.2) is 58.2 Å². The van der Waals surface area contributed by atoms with Gasteiger partial charge in [0.15, 0.2) is 0 Å². The summed E-state index contributed by atoms with van der Waals surface area (Å²) in [4.78, 5) is 38.0. The van der Waals surface area contributed by atoms with Gasteiger partial charge < -0.3 is 0 Å². The fraction of sp³-hybridized carbons (Fsp3) is 0.125. The lowest BCUT2D eigenvalue weighted by molar-refractivity contribution is -0.385. The fourth-order valence-corrected chi connectivity index (χ4v) is 2.77. The van der Waals surface area contributed by atoms with Gasteiger partial charge in [-0.2, -0.15) is 0 Å². The highest BCUT2D eigenvalue weighted by Gasteiger charge is 2.12. The van der Waals surface area contributed by atoms with Crippen LogP contribution in [0.25, 0.3) is 0 Å². The zero-order chi connectivity index (χ0) is 19.4. The molecule has 10 nitrogen and oxygen atoms in total. The topological polar surface area (TPSA) is 125 Å². The molecule has 0 spiro atoms.